The van der Waals surface area contributed by atoms with Gasteiger partial charge in [-0.15, -0.1) is 0 Å². The van der Waals surface area contributed by atoms with Gasteiger partial charge in [-0.05, 0) is 48.7 Å². The third-order valence-corrected chi connectivity index (χ3v) is 5.27. The molecule has 0 bridgehead atoms. The summed E-state index contributed by atoms with van der Waals surface area (Å²) in [5, 5.41) is 10.1. The first-order chi connectivity index (χ1) is 15.3. The van der Waals surface area contributed by atoms with Crippen LogP contribution in [0.1, 0.15) is 26.4 Å². The number of carboxylic acid groups (broad SMARTS) is 1. The standard InChI is InChI=1S/C14H13ClN2O2S.C8H7ClO3/c1-19-13-7-9(3-4-11(13)15)12(18)8-10-5-6-16-14(17-10)20-2;1-12-7-4-5(8(10)11)2-3-6(7)9/h3-7H,8H2,1-2H3;2-4H,1H3,(H,10,11). The van der Waals surface area contributed by atoms with Crippen LogP contribution >= 0.6 is 35.0 Å². The number of carbonyl (C=O) groups is 2. The molecule has 0 unspecified atom stereocenters. The Morgan fingerprint density at radius 2 is 1.53 bits per heavy atom. The number of carbonyl (C=O) groups excluding carboxylic acids is 1. The summed E-state index contributed by atoms with van der Waals surface area (Å²) in [6.45, 7) is 0. The molecule has 0 aliphatic carbocycles. The van der Waals surface area contributed by atoms with E-state index in [0.717, 1.165) is 0 Å². The van der Waals surface area contributed by atoms with Crippen LogP contribution in [0.3, 0.4) is 0 Å². The highest BCUT2D eigenvalue weighted by Crippen LogP contribution is 2.26. The molecule has 0 spiro atoms. The van der Waals surface area contributed by atoms with Crippen LogP contribution in [-0.4, -0.2) is 47.3 Å². The van der Waals surface area contributed by atoms with Crippen molar-refractivity contribution in [3.63, 3.8) is 0 Å². The van der Waals surface area contributed by atoms with E-state index in [9.17, 15) is 9.59 Å². The van der Waals surface area contributed by atoms with E-state index >= 15 is 0 Å². The van der Waals surface area contributed by atoms with Crippen LogP contribution in [0.5, 0.6) is 11.5 Å². The number of aromatic nitrogens is 2. The van der Waals surface area contributed by atoms with Crippen LogP contribution in [-0.2, 0) is 6.42 Å². The molecule has 0 amide bonds. The molecule has 0 saturated carbocycles. The number of carboxylic acids is 1. The Hall–Kier alpha value is -2.81. The van der Waals surface area contributed by atoms with Crippen LogP contribution < -0.4 is 9.47 Å². The number of aromatic carboxylic acids is 1. The average Bonchev–Trinajstić information content (AvgIpc) is 2.80. The van der Waals surface area contributed by atoms with E-state index in [0.29, 0.717) is 38.0 Å². The predicted octanol–water partition coefficient (Wildman–Crippen LogP) is 5.33. The normalized spacial score (nSPS) is 10.0. The van der Waals surface area contributed by atoms with Crippen molar-refractivity contribution in [2.75, 3.05) is 20.5 Å². The van der Waals surface area contributed by atoms with E-state index in [-0.39, 0.29) is 17.8 Å². The molecule has 1 heterocycles. The molecule has 0 radical (unpaired) electrons. The monoisotopic (exact) mass is 494 g/mol. The molecule has 0 aliphatic rings. The van der Waals surface area contributed by atoms with Gasteiger partial charge in [0.15, 0.2) is 10.9 Å². The van der Waals surface area contributed by atoms with Gasteiger partial charge in [-0.1, -0.05) is 35.0 Å². The topological polar surface area (TPSA) is 98.6 Å². The summed E-state index contributed by atoms with van der Waals surface area (Å²) in [6.07, 6.45) is 3.77. The van der Waals surface area contributed by atoms with E-state index in [4.69, 9.17) is 37.8 Å². The zero-order valence-corrected chi connectivity index (χ0v) is 19.8. The minimum Gasteiger partial charge on any atom is -0.495 e. The molecule has 168 valence electrons. The smallest absolute Gasteiger partial charge is 0.335 e. The van der Waals surface area contributed by atoms with Gasteiger partial charge in [-0.3, -0.25) is 4.79 Å². The van der Waals surface area contributed by atoms with Crippen LogP contribution in [0.25, 0.3) is 0 Å². The molecule has 1 aromatic heterocycles. The van der Waals surface area contributed by atoms with Crippen molar-refractivity contribution < 1.29 is 24.2 Å². The fourth-order valence-corrected chi connectivity index (χ4v) is 3.23. The zero-order chi connectivity index (χ0) is 23.7. The minimum atomic E-state index is -0.995. The summed E-state index contributed by atoms with van der Waals surface area (Å²) in [5.74, 6) is -0.169. The number of hydrogen-bond donors (Lipinski definition) is 1. The number of ether oxygens (including phenoxy) is 2. The van der Waals surface area contributed by atoms with Crippen LogP contribution in [0.15, 0.2) is 53.8 Å². The van der Waals surface area contributed by atoms with Crippen molar-refractivity contribution in [3.05, 3.63) is 75.5 Å². The minimum absolute atomic E-state index is 0.0364. The Morgan fingerprint density at radius 3 is 2.06 bits per heavy atom. The highest BCUT2D eigenvalue weighted by Gasteiger charge is 2.11. The van der Waals surface area contributed by atoms with Gasteiger partial charge in [0.05, 0.1) is 41.9 Å². The third kappa shape index (κ3) is 7.12. The lowest BCUT2D eigenvalue weighted by Gasteiger charge is -2.06. The molecule has 3 rings (SSSR count). The fraction of sp³-hybridized carbons (Fsp3) is 0.182. The van der Waals surface area contributed by atoms with Crippen LogP contribution in [0, 0.1) is 0 Å². The van der Waals surface area contributed by atoms with Gasteiger partial charge in [-0.2, -0.15) is 0 Å². The molecule has 32 heavy (non-hydrogen) atoms. The number of thioether (sulfide) groups is 1. The predicted molar refractivity (Wildman–Crippen MR) is 125 cm³/mol. The number of nitrogens with zero attached hydrogens (tertiary/aromatic N) is 2. The summed E-state index contributed by atoms with van der Waals surface area (Å²) in [7, 11) is 2.96. The van der Waals surface area contributed by atoms with Crippen molar-refractivity contribution in [2.24, 2.45) is 0 Å². The number of rotatable bonds is 7. The molecule has 1 N–H and O–H groups in total. The number of Topliss-reactive ketones (excluding diaryl/α,β-unsaturated/α-hetero) is 1. The molecule has 2 aromatic carbocycles. The SMILES string of the molecule is COc1cc(C(=O)Cc2ccnc(SC)n2)ccc1Cl.COc1cc(C(=O)O)ccc1Cl. The Balaban J connectivity index is 0.000000258. The quantitative estimate of drug-likeness (QED) is 0.267. The average molecular weight is 495 g/mol. The second kappa shape index (κ2) is 12.3. The summed E-state index contributed by atoms with van der Waals surface area (Å²) < 4.78 is 9.95. The Kier molecular flexibility index (Phi) is 9.77. The van der Waals surface area contributed by atoms with Gasteiger partial charge < -0.3 is 14.6 Å². The summed E-state index contributed by atoms with van der Waals surface area (Å²) in [4.78, 5) is 31.1. The fourth-order valence-electron chi connectivity index (χ4n) is 2.47. The second-order valence-electron chi connectivity index (χ2n) is 6.14. The third-order valence-electron chi connectivity index (χ3n) is 4.09. The maximum atomic E-state index is 12.2. The first kappa shape index (κ1) is 25.5. The molecule has 0 aliphatic heterocycles. The summed E-state index contributed by atoms with van der Waals surface area (Å²) in [5.41, 5.74) is 1.41. The first-order valence-electron chi connectivity index (χ1n) is 9.08. The number of hydrogen-bond acceptors (Lipinski definition) is 7. The van der Waals surface area contributed by atoms with Crippen molar-refractivity contribution in [1.82, 2.24) is 9.97 Å². The highest BCUT2D eigenvalue weighted by atomic mass is 35.5. The number of halogens is 2. The summed E-state index contributed by atoms with van der Waals surface area (Å²) in [6, 6.07) is 11.0. The lowest BCUT2D eigenvalue weighted by atomic mass is 10.1. The Labute approximate surface area is 199 Å². The second-order valence-corrected chi connectivity index (χ2v) is 7.73. The maximum Gasteiger partial charge on any atom is 0.335 e. The van der Waals surface area contributed by atoms with Crippen LogP contribution in [0.4, 0.5) is 0 Å². The molecule has 3 aromatic rings. The van der Waals surface area contributed by atoms with Crippen molar-refractivity contribution in [2.45, 2.75) is 11.6 Å². The van der Waals surface area contributed by atoms with E-state index in [2.05, 4.69) is 9.97 Å². The van der Waals surface area contributed by atoms with Gasteiger partial charge in [0, 0.05) is 11.8 Å². The van der Waals surface area contributed by atoms with Gasteiger partial charge in [0.1, 0.15) is 11.5 Å². The molecule has 0 atom stereocenters. The lowest BCUT2D eigenvalue weighted by molar-refractivity contribution is 0.0696. The largest absolute Gasteiger partial charge is 0.495 e. The van der Waals surface area contributed by atoms with Gasteiger partial charge in [0.2, 0.25) is 0 Å². The van der Waals surface area contributed by atoms with Crippen LogP contribution in [0.2, 0.25) is 10.0 Å². The van der Waals surface area contributed by atoms with Gasteiger partial charge in [-0.25, -0.2) is 14.8 Å². The summed E-state index contributed by atoms with van der Waals surface area (Å²) >= 11 is 13.1. The molecule has 7 nitrogen and oxygen atoms in total. The van der Waals surface area contributed by atoms with Gasteiger partial charge >= 0.3 is 5.97 Å². The number of ketones is 1. The van der Waals surface area contributed by atoms with Crippen molar-refractivity contribution >= 4 is 46.7 Å². The lowest BCUT2D eigenvalue weighted by Crippen LogP contribution is -2.06. The highest BCUT2D eigenvalue weighted by molar-refractivity contribution is 7.98. The first-order valence-corrected chi connectivity index (χ1v) is 11.1. The van der Waals surface area contributed by atoms with Crippen molar-refractivity contribution in [3.8, 4) is 11.5 Å². The Bertz CT molecular complexity index is 1110. The molecular weight excluding hydrogens is 475 g/mol. The molecule has 10 heteroatoms. The number of methoxy groups -OCH3 is 2. The van der Waals surface area contributed by atoms with E-state index in [1.54, 1.807) is 30.5 Å². The van der Waals surface area contributed by atoms with E-state index in [1.807, 2.05) is 6.26 Å². The van der Waals surface area contributed by atoms with Gasteiger partial charge in [0.25, 0.3) is 0 Å². The van der Waals surface area contributed by atoms with E-state index < -0.39 is 5.97 Å². The number of benzene rings is 2. The maximum absolute atomic E-state index is 12.2. The molecular formula is C22H20Cl2N2O5S. The van der Waals surface area contributed by atoms with E-state index in [1.165, 1.54) is 44.2 Å². The Morgan fingerprint density at radius 1 is 0.969 bits per heavy atom. The molecule has 0 saturated heterocycles. The zero-order valence-electron chi connectivity index (χ0n) is 17.5. The molecule has 0 fully saturated rings. The van der Waals surface area contributed by atoms with Crippen molar-refractivity contribution in [1.29, 1.82) is 0 Å².